The third-order valence-corrected chi connectivity index (χ3v) is 4.66. The first-order chi connectivity index (χ1) is 13.1. The highest BCUT2D eigenvalue weighted by Gasteiger charge is 2.31. The molecule has 28 heavy (non-hydrogen) atoms. The number of rotatable bonds is 4. The van der Waals surface area contributed by atoms with Crippen LogP contribution in [0.3, 0.4) is 0 Å². The standard InChI is InChI=1S/C19H18ClF3N4O/c1-11-8-12(19(21,22)23)9-14(20)17(11)25-18-13-5-7-27(10-16(28)26(2)3)15(13)4-6-24-18/h4-9H,10H2,1-3H3,(H,24,25). The van der Waals surface area contributed by atoms with Crippen LogP contribution in [-0.2, 0) is 17.5 Å². The van der Waals surface area contributed by atoms with Gasteiger partial charge >= 0.3 is 6.18 Å². The lowest BCUT2D eigenvalue weighted by Gasteiger charge is -2.15. The molecule has 2 aromatic heterocycles. The number of carbonyl (C=O) groups excluding carboxylic acids is 1. The average Bonchev–Trinajstić information content (AvgIpc) is 3.00. The second kappa shape index (κ2) is 7.35. The molecule has 0 aliphatic carbocycles. The molecule has 2 heterocycles. The van der Waals surface area contributed by atoms with E-state index in [-0.39, 0.29) is 17.5 Å². The van der Waals surface area contributed by atoms with Crippen LogP contribution in [0.5, 0.6) is 0 Å². The molecule has 0 spiro atoms. The number of fused-ring (bicyclic) bond motifs is 1. The van der Waals surface area contributed by atoms with Gasteiger partial charge in [-0.15, -0.1) is 0 Å². The lowest BCUT2D eigenvalue weighted by Crippen LogP contribution is -2.25. The minimum Gasteiger partial charge on any atom is -0.347 e. The van der Waals surface area contributed by atoms with Crippen LogP contribution in [-0.4, -0.2) is 34.5 Å². The van der Waals surface area contributed by atoms with Crippen molar-refractivity contribution in [2.45, 2.75) is 19.6 Å². The Hall–Kier alpha value is -2.74. The summed E-state index contributed by atoms with van der Waals surface area (Å²) in [5.74, 6) is 0.378. The predicted octanol–water partition coefficient (Wildman–Crippen LogP) is 4.85. The van der Waals surface area contributed by atoms with Crippen LogP contribution in [0.25, 0.3) is 10.9 Å². The summed E-state index contributed by atoms with van der Waals surface area (Å²) in [6.07, 6.45) is -1.14. The monoisotopic (exact) mass is 410 g/mol. The van der Waals surface area contributed by atoms with Crippen LogP contribution < -0.4 is 5.32 Å². The number of nitrogens with one attached hydrogen (secondary N) is 1. The lowest BCUT2D eigenvalue weighted by atomic mass is 10.1. The second-order valence-corrected chi connectivity index (χ2v) is 7.00. The number of amides is 1. The fourth-order valence-electron chi connectivity index (χ4n) is 2.83. The van der Waals surface area contributed by atoms with Gasteiger partial charge in [0.25, 0.3) is 0 Å². The molecule has 3 rings (SSSR count). The Kier molecular flexibility index (Phi) is 5.25. The molecule has 148 valence electrons. The Morgan fingerprint density at radius 1 is 1.29 bits per heavy atom. The molecule has 1 amide bonds. The number of aromatic nitrogens is 2. The van der Waals surface area contributed by atoms with Gasteiger partial charge in [0.05, 0.1) is 21.8 Å². The number of pyridine rings is 1. The molecule has 0 fully saturated rings. The Balaban J connectivity index is 1.98. The lowest BCUT2D eigenvalue weighted by molar-refractivity contribution is -0.137. The number of halogens is 4. The van der Waals surface area contributed by atoms with Crippen LogP contribution >= 0.6 is 11.6 Å². The van der Waals surface area contributed by atoms with Gasteiger partial charge in [0.1, 0.15) is 12.4 Å². The molecule has 9 heteroatoms. The number of nitrogens with zero attached hydrogens (tertiary/aromatic N) is 3. The van der Waals surface area contributed by atoms with Crippen molar-refractivity contribution < 1.29 is 18.0 Å². The smallest absolute Gasteiger partial charge is 0.347 e. The number of benzene rings is 1. The maximum Gasteiger partial charge on any atom is 0.416 e. The highest BCUT2D eigenvalue weighted by Crippen LogP contribution is 2.37. The molecule has 0 saturated carbocycles. The number of hydrogen-bond acceptors (Lipinski definition) is 3. The molecule has 0 radical (unpaired) electrons. The molecule has 0 saturated heterocycles. The first kappa shape index (κ1) is 20.0. The summed E-state index contributed by atoms with van der Waals surface area (Å²) in [6, 6.07) is 5.48. The van der Waals surface area contributed by atoms with E-state index in [1.54, 1.807) is 50.1 Å². The SMILES string of the molecule is Cc1cc(C(F)(F)F)cc(Cl)c1Nc1nccc2c1ccn2CC(=O)N(C)C. The Labute approximate surface area is 164 Å². The third kappa shape index (κ3) is 3.91. The number of aryl methyl sites for hydroxylation is 1. The number of hydrogen-bond donors (Lipinski definition) is 1. The molecular weight excluding hydrogens is 393 g/mol. The molecule has 5 nitrogen and oxygen atoms in total. The quantitative estimate of drug-likeness (QED) is 0.669. The van der Waals surface area contributed by atoms with Gasteiger partial charge in [0.2, 0.25) is 5.91 Å². The van der Waals surface area contributed by atoms with Crippen molar-refractivity contribution in [2.75, 3.05) is 19.4 Å². The second-order valence-electron chi connectivity index (χ2n) is 6.60. The molecule has 3 aromatic rings. The minimum absolute atomic E-state index is 0.0478. The van der Waals surface area contributed by atoms with Gasteiger partial charge in [-0.25, -0.2) is 4.98 Å². The fourth-order valence-corrected chi connectivity index (χ4v) is 3.15. The zero-order valence-electron chi connectivity index (χ0n) is 15.4. The van der Waals surface area contributed by atoms with Crippen molar-refractivity contribution in [3.05, 3.63) is 52.8 Å². The van der Waals surface area contributed by atoms with E-state index in [0.717, 1.165) is 23.0 Å². The van der Waals surface area contributed by atoms with Crippen molar-refractivity contribution in [3.63, 3.8) is 0 Å². The summed E-state index contributed by atoms with van der Waals surface area (Å²) in [5.41, 5.74) is 0.668. The van der Waals surface area contributed by atoms with Crippen molar-refractivity contribution >= 4 is 39.9 Å². The van der Waals surface area contributed by atoms with E-state index < -0.39 is 11.7 Å². The number of carbonyl (C=O) groups is 1. The summed E-state index contributed by atoms with van der Waals surface area (Å²) in [5, 5.41) is 3.71. The summed E-state index contributed by atoms with van der Waals surface area (Å²) in [4.78, 5) is 17.8. The van der Waals surface area contributed by atoms with E-state index in [1.807, 2.05) is 0 Å². The highest BCUT2D eigenvalue weighted by atomic mass is 35.5. The first-order valence-electron chi connectivity index (χ1n) is 8.36. The Bertz CT molecular complexity index is 1020. The number of anilines is 2. The maximum atomic E-state index is 13.0. The molecule has 0 atom stereocenters. The summed E-state index contributed by atoms with van der Waals surface area (Å²) < 4.78 is 40.6. The van der Waals surface area contributed by atoms with E-state index in [2.05, 4.69) is 10.3 Å². The summed E-state index contributed by atoms with van der Waals surface area (Å²) in [7, 11) is 3.36. The Morgan fingerprint density at radius 3 is 2.61 bits per heavy atom. The van der Waals surface area contributed by atoms with Gasteiger partial charge in [-0.1, -0.05) is 11.6 Å². The zero-order chi connectivity index (χ0) is 20.6. The maximum absolute atomic E-state index is 13.0. The molecule has 0 unspecified atom stereocenters. The van der Waals surface area contributed by atoms with E-state index in [0.29, 0.717) is 17.1 Å². The van der Waals surface area contributed by atoms with Gasteiger partial charge in [-0.2, -0.15) is 13.2 Å². The highest BCUT2D eigenvalue weighted by molar-refractivity contribution is 6.33. The third-order valence-electron chi connectivity index (χ3n) is 4.36. The van der Waals surface area contributed by atoms with Crippen molar-refractivity contribution in [1.29, 1.82) is 0 Å². The largest absolute Gasteiger partial charge is 0.416 e. The topological polar surface area (TPSA) is 50.2 Å². The number of alkyl halides is 3. The van der Waals surface area contributed by atoms with E-state index in [1.165, 1.54) is 4.90 Å². The van der Waals surface area contributed by atoms with Gasteiger partial charge in [-0.05, 0) is 36.8 Å². The summed E-state index contributed by atoms with van der Waals surface area (Å²) >= 11 is 6.11. The van der Waals surface area contributed by atoms with Crippen LogP contribution in [0.4, 0.5) is 24.7 Å². The first-order valence-corrected chi connectivity index (χ1v) is 8.74. The molecule has 0 aliphatic rings. The molecule has 1 N–H and O–H groups in total. The van der Waals surface area contributed by atoms with Crippen LogP contribution in [0, 0.1) is 6.92 Å². The van der Waals surface area contributed by atoms with Crippen LogP contribution in [0.15, 0.2) is 36.7 Å². The molecule has 0 bridgehead atoms. The van der Waals surface area contributed by atoms with Crippen molar-refractivity contribution in [1.82, 2.24) is 14.5 Å². The van der Waals surface area contributed by atoms with Crippen molar-refractivity contribution in [3.8, 4) is 0 Å². The molecular formula is C19H18ClF3N4O. The Morgan fingerprint density at radius 2 is 2.00 bits per heavy atom. The van der Waals surface area contributed by atoms with Crippen LogP contribution in [0.1, 0.15) is 11.1 Å². The molecule has 1 aromatic carbocycles. The van der Waals surface area contributed by atoms with Gasteiger partial charge in [0, 0.05) is 31.9 Å². The summed E-state index contributed by atoms with van der Waals surface area (Å²) in [6.45, 7) is 1.71. The fraction of sp³-hybridized carbons (Fsp3) is 0.263. The molecule has 0 aliphatic heterocycles. The number of likely N-dealkylation sites (N-methyl/N-ethyl adjacent to an activating group) is 1. The van der Waals surface area contributed by atoms with Crippen LogP contribution in [0.2, 0.25) is 5.02 Å². The van der Waals surface area contributed by atoms with Gasteiger partial charge < -0.3 is 14.8 Å². The van der Waals surface area contributed by atoms with Gasteiger partial charge in [-0.3, -0.25) is 4.79 Å². The van der Waals surface area contributed by atoms with E-state index >= 15 is 0 Å². The van der Waals surface area contributed by atoms with E-state index in [4.69, 9.17) is 11.6 Å². The minimum atomic E-state index is -4.47. The van der Waals surface area contributed by atoms with E-state index in [9.17, 15) is 18.0 Å². The average molecular weight is 411 g/mol. The predicted molar refractivity (Wildman–Crippen MR) is 103 cm³/mol. The van der Waals surface area contributed by atoms with Gasteiger partial charge in [0.15, 0.2) is 0 Å². The zero-order valence-corrected chi connectivity index (χ0v) is 16.2. The normalized spacial score (nSPS) is 11.7. The van der Waals surface area contributed by atoms with Crippen molar-refractivity contribution in [2.24, 2.45) is 0 Å².